The highest BCUT2D eigenvalue weighted by molar-refractivity contribution is 8.03. The van der Waals surface area contributed by atoms with Crippen LogP contribution >= 0.6 is 34.7 Å². The lowest BCUT2D eigenvalue weighted by atomic mass is 9.86. The number of thioether (sulfide) groups is 1. The van der Waals surface area contributed by atoms with Crippen LogP contribution in [0.5, 0.6) is 0 Å². The van der Waals surface area contributed by atoms with Gasteiger partial charge in [0.2, 0.25) is 0 Å². The Hall–Kier alpha value is -3.31. The Labute approximate surface area is 211 Å². The van der Waals surface area contributed by atoms with Crippen molar-refractivity contribution < 1.29 is 9.59 Å². The van der Waals surface area contributed by atoms with E-state index in [-0.39, 0.29) is 17.4 Å². The summed E-state index contributed by atoms with van der Waals surface area (Å²) in [4.78, 5) is 26.9. The number of benzene rings is 2. The van der Waals surface area contributed by atoms with Crippen LogP contribution in [0.15, 0.2) is 94.0 Å². The Bertz CT molecular complexity index is 1310. The van der Waals surface area contributed by atoms with Crippen LogP contribution in [0.25, 0.3) is 0 Å². The van der Waals surface area contributed by atoms with E-state index in [4.69, 9.17) is 11.6 Å². The number of para-hydroxylation sites is 1. The lowest BCUT2D eigenvalue weighted by Gasteiger charge is -2.29. The van der Waals surface area contributed by atoms with Crippen molar-refractivity contribution in [3.8, 4) is 6.07 Å². The van der Waals surface area contributed by atoms with E-state index in [1.165, 1.54) is 23.1 Å². The first-order valence-electron chi connectivity index (χ1n) is 10.4. The first-order valence-corrected chi connectivity index (χ1v) is 12.7. The van der Waals surface area contributed by atoms with Crippen LogP contribution in [-0.4, -0.2) is 17.4 Å². The predicted octanol–water partition coefficient (Wildman–Crippen LogP) is 6.35. The molecular weight excluding hydrogens is 486 g/mol. The van der Waals surface area contributed by atoms with E-state index in [0.29, 0.717) is 38.1 Å². The monoisotopic (exact) mass is 505 g/mol. The molecule has 1 atom stereocenters. The summed E-state index contributed by atoms with van der Waals surface area (Å²) in [5.74, 6) is -0.729. The van der Waals surface area contributed by atoms with Gasteiger partial charge in [-0.15, -0.1) is 11.3 Å². The van der Waals surface area contributed by atoms with Crippen LogP contribution in [0, 0.1) is 11.3 Å². The fourth-order valence-corrected chi connectivity index (χ4v) is 5.60. The van der Waals surface area contributed by atoms with Gasteiger partial charge in [0.25, 0.3) is 5.91 Å². The number of hydrogen-bond donors (Lipinski definition) is 2. The summed E-state index contributed by atoms with van der Waals surface area (Å²) >= 11 is 8.67. The van der Waals surface area contributed by atoms with Gasteiger partial charge in [-0.25, -0.2) is 0 Å². The van der Waals surface area contributed by atoms with Gasteiger partial charge < -0.3 is 10.6 Å². The first kappa shape index (κ1) is 23.8. The summed E-state index contributed by atoms with van der Waals surface area (Å²) in [7, 11) is 0. The highest BCUT2D eigenvalue weighted by atomic mass is 35.5. The van der Waals surface area contributed by atoms with Gasteiger partial charge in [-0.2, -0.15) is 5.26 Å². The van der Waals surface area contributed by atoms with Gasteiger partial charge in [0.1, 0.15) is 0 Å². The molecule has 34 heavy (non-hydrogen) atoms. The second-order valence-corrected chi connectivity index (χ2v) is 9.91. The number of amides is 1. The highest BCUT2D eigenvalue weighted by Gasteiger charge is 2.35. The lowest BCUT2D eigenvalue weighted by molar-refractivity contribution is -0.113. The van der Waals surface area contributed by atoms with Gasteiger partial charge in [-0.1, -0.05) is 47.6 Å². The molecule has 1 amide bonds. The molecule has 0 saturated heterocycles. The molecule has 0 bridgehead atoms. The maximum absolute atomic E-state index is 13.3. The molecule has 2 aromatic carbocycles. The fraction of sp³-hybridized carbons (Fsp3) is 0.115. The third-order valence-electron chi connectivity index (χ3n) is 5.27. The number of nitriles is 1. The molecule has 8 heteroatoms. The molecule has 1 aromatic heterocycles. The number of thiophene rings is 1. The first-order chi connectivity index (χ1) is 16.5. The number of carbonyl (C=O) groups is 2. The third-order valence-corrected chi connectivity index (χ3v) is 7.47. The number of Topliss-reactive ketones (excluding diaryl/α,β-unsaturated/α-hetero) is 1. The number of hydrogen-bond acceptors (Lipinski definition) is 6. The van der Waals surface area contributed by atoms with Crippen molar-refractivity contribution in [2.24, 2.45) is 0 Å². The zero-order valence-electron chi connectivity index (χ0n) is 18.2. The number of dihydropyridines is 1. The zero-order valence-corrected chi connectivity index (χ0v) is 20.6. The standard InChI is InChI=1S/C26H20ClN3O2S2/c1-16-23(25(32)30-19-6-3-2-4-7-19)24(22-8-5-13-33-22)20(14-28)26(29-16)34-15-21(31)17-9-11-18(27)12-10-17/h2-13,24,29H,15H2,1H3,(H,30,32)/t24-/m1/s1. The molecule has 0 radical (unpaired) electrons. The molecule has 2 heterocycles. The Balaban J connectivity index is 1.63. The van der Waals surface area contributed by atoms with Crippen LogP contribution in [0.4, 0.5) is 5.69 Å². The normalized spacial score (nSPS) is 15.5. The van der Waals surface area contributed by atoms with Gasteiger partial charge in [0.05, 0.1) is 28.3 Å². The highest BCUT2D eigenvalue weighted by Crippen LogP contribution is 2.42. The zero-order chi connectivity index (χ0) is 24.1. The fourth-order valence-electron chi connectivity index (χ4n) is 3.64. The number of ketones is 1. The van der Waals surface area contributed by atoms with Gasteiger partial charge >= 0.3 is 0 Å². The summed E-state index contributed by atoms with van der Waals surface area (Å²) in [5.41, 5.74) is 2.77. The summed E-state index contributed by atoms with van der Waals surface area (Å²) in [6, 6.07) is 22.0. The van der Waals surface area contributed by atoms with E-state index >= 15 is 0 Å². The maximum atomic E-state index is 13.3. The van der Waals surface area contributed by atoms with Crippen molar-refractivity contribution in [3.05, 3.63) is 109 Å². The topological polar surface area (TPSA) is 82.0 Å². The largest absolute Gasteiger partial charge is 0.353 e. The molecule has 0 unspecified atom stereocenters. The molecule has 2 N–H and O–H groups in total. The summed E-state index contributed by atoms with van der Waals surface area (Å²) in [6.45, 7) is 1.82. The van der Waals surface area contributed by atoms with Crippen LogP contribution in [0.3, 0.4) is 0 Å². The van der Waals surface area contributed by atoms with Gasteiger partial charge in [-0.3, -0.25) is 9.59 Å². The van der Waals surface area contributed by atoms with Crippen LogP contribution in [0.1, 0.15) is 28.1 Å². The Morgan fingerprint density at radius 2 is 1.85 bits per heavy atom. The van der Waals surface area contributed by atoms with Crippen LogP contribution in [0.2, 0.25) is 5.02 Å². The summed E-state index contributed by atoms with van der Waals surface area (Å²) in [5, 5.41) is 19.3. The molecule has 170 valence electrons. The molecule has 1 aliphatic rings. The SMILES string of the molecule is CC1=C(C(=O)Nc2ccccc2)[C@@H](c2cccs2)C(C#N)=C(SCC(=O)c2ccc(Cl)cc2)N1. The summed E-state index contributed by atoms with van der Waals surface area (Å²) < 4.78 is 0. The molecule has 3 aromatic rings. The van der Waals surface area contributed by atoms with E-state index in [9.17, 15) is 14.9 Å². The van der Waals surface area contributed by atoms with Crippen molar-refractivity contribution in [3.63, 3.8) is 0 Å². The molecular formula is C26H20ClN3O2S2. The van der Waals surface area contributed by atoms with Crippen molar-refractivity contribution in [1.82, 2.24) is 5.32 Å². The number of carbonyl (C=O) groups excluding carboxylic acids is 2. The summed E-state index contributed by atoms with van der Waals surface area (Å²) in [6.07, 6.45) is 0. The molecule has 5 nitrogen and oxygen atoms in total. The Kier molecular flexibility index (Phi) is 7.53. The van der Waals surface area contributed by atoms with E-state index in [1.54, 1.807) is 24.3 Å². The average molecular weight is 506 g/mol. The van der Waals surface area contributed by atoms with Crippen molar-refractivity contribution in [2.75, 3.05) is 11.1 Å². The predicted molar refractivity (Wildman–Crippen MR) is 139 cm³/mol. The molecule has 0 aliphatic carbocycles. The van der Waals surface area contributed by atoms with Crippen LogP contribution in [-0.2, 0) is 4.79 Å². The minimum absolute atomic E-state index is 0.0739. The molecule has 0 fully saturated rings. The van der Waals surface area contributed by atoms with Crippen LogP contribution < -0.4 is 10.6 Å². The Morgan fingerprint density at radius 3 is 2.50 bits per heavy atom. The minimum atomic E-state index is -0.525. The van der Waals surface area contributed by atoms with E-state index in [0.717, 1.165) is 4.88 Å². The van der Waals surface area contributed by atoms with E-state index < -0.39 is 5.92 Å². The lowest BCUT2D eigenvalue weighted by Crippen LogP contribution is -2.30. The number of allylic oxidation sites excluding steroid dienone is 2. The number of anilines is 1. The number of nitrogens with zero attached hydrogens (tertiary/aromatic N) is 1. The van der Waals surface area contributed by atoms with Gasteiger partial charge in [0.15, 0.2) is 5.78 Å². The number of rotatable bonds is 7. The van der Waals surface area contributed by atoms with E-state index in [2.05, 4.69) is 16.7 Å². The van der Waals surface area contributed by atoms with Crippen molar-refractivity contribution in [2.45, 2.75) is 12.8 Å². The second kappa shape index (κ2) is 10.7. The van der Waals surface area contributed by atoms with Gasteiger partial charge in [0, 0.05) is 32.4 Å². The molecule has 0 saturated carbocycles. The average Bonchev–Trinajstić information content (AvgIpc) is 3.37. The molecule has 0 spiro atoms. The van der Waals surface area contributed by atoms with Crippen molar-refractivity contribution >= 4 is 52.1 Å². The van der Waals surface area contributed by atoms with E-state index in [1.807, 2.05) is 54.8 Å². The molecule has 4 rings (SSSR count). The van der Waals surface area contributed by atoms with Gasteiger partial charge in [-0.05, 0) is 54.8 Å². The quantitative estimate of drug-likeness (QED) is 0.365. The maximum Gasteiger partial charge on any atom is 0.254 e. The van der Waals surface area contributed by atoms with Crippen molar-refractivity contribution in [1.29, 1.82) is 5.26 Å². The Morgan fingerprint density at radius 1 is 1.12 bits per heavy atom. The number of nitrogens with one attached hydrogen (secondary N) is 2. The minimum Gasteiger partial charge on any atom is -0.353 e. The smallest absolute Gasteiger partial charge is 0.254 e. The second-order valence-electron chi connectivity index (χ2n) is 7.51. The molecule has 1 aliphatic heterocycles. The third kappa shape index (κ3) is 5.26. The number of halogens is 1.